The van der Waals surface area contributed by atoms with Crippen molar-refractivity contribution in [3.8, 4) is 17.2 Å². The van der Waals surface area contributed by atoms with E-state index in [0.717, 1.165) is 38.3 Å². The normalized spacial score (nSPS) is 13.3. The van der Waals surface area contributed by atoms with E-state index >= 15 is 0 Å². The maximum absolute atomic E-state index is 12.8. The maximum Gasteiger partial charge on any atom is 0.343 e. The highest BCUT2D eigenvalue weighted by Crippen LogP contribution is 2.29. The molecule has 0 atom stereocenters. The number of halogens is 2. The highest BCUT2D eigenvalue weighted by Gasteiger charge is 2.20. The Labute approximate surface area is 213 Å². The van der Waals surface area contributed by atoms with Crippen LogP contribution in [0.2, 0.25) is 0 Å². The van der Waals surface area contributed by atoms with Gasteiger partial charge in [0.05, 0.1) is 19.8 Å². The summed E-state index contributed by atoms with van der Waals surface area (Å²) < 4.78 is 16.3. The summed E-state index contributed by atoms with van der Waals surface area (Å²) in [6.45, 7) is 4.58. The van der Waals surface area contributed by atoms with E-state index in [0.29, 0.717) is 22.8 Å². The molecule has 1 aliphatic heterocycles. The number of hydrogen-bond donors (Lipinski definition) is 0. The van der Waals surface area contributed by atoms with E-state index in [1.54, 1.807) is 32.4 Å². The minimum absolute atomic E-state index is 0. The molecule has 6 nitrogen and oxygen atoms in total. The second-order valence-corrected chi connectivity index (χ2v) is 7.67. The van der Waals surface area contributed by atoms with Gasteiger partial charge in [0, 0.05) is 44.0 Å². The Morgan fingerprint density at radius 1 is 0.765 bits per heavy atom. The average Bonchev–Trinajstić information content (AvgIpc) is 2.85. The topological polar surface area (TPSA) is 51.2 Å². The molecule has 34 heavy (non-hydrogen) atoms. The van der Waals surface area contributed by atoms with Gasteiger partial charge < -0.3 is 19.1 Å². The number of para-hydroxylation sites is 2. The highest BCUT2D eigenvalue weighted by atomic mass is 35.5. The van der Waals surface area contributed by atoms with Gasteiger partial charge in [-0.25, -0.2) is 4.79 Å². The van der Waals surface area contributed by atoms with Crippen LogP contribution in [0.5, 0.6) is 17.2 Å². The van der Waals surface area contributed by atoms with E-state index in [9.17, 15) is 4.79 Å². The van der Waals surface area contributed by atoms with E-state index in [2.05, 4.69) is 34.1 Å². The molecular formula is C26H30Cl2N2O4. The van der Waals surface area contributed by atoms with Gasteiger partial charge in [-0.2, -0.15) is 0 Å². The van der Waals surface area contributed by atoms with Crippen molar-refractivity contribution in [2.24, 2.45) is 0 Å². The quantitative estimate of drug-likeness (QED) is 0.330. The summed E-state index contributed by atoms with van der Waals surface area (Å²) in [7, 11) is 3.10. The second-order valence-electron chi connectivity index (χ2n) is 7.67. The molecule has 0 bridgehead atoms. The maximum atomic E-state index is 12.8. The smallest absolute Gasteiger partial charge is 0.343 e. The van der Waals surface area contributed by atoms with Gasteiger partial charge in [0.2, 0.25) is 0 Å². The van der Waals surface area contributed by atoms with Crippen molar-refractivity contribution in [3.63, 3.8) is 0 Å². The number of esters is 1. The van der Waals surface area contributed by atoms with Gasteiger partial charge in [-0.15, -0.1) is 24.8 Å². The Balaban J connectivity index is 0.00000204. The Kier molecular flexibility index (Phi) is 10.5. The van der Waals surface area contributed by atoms with Crippen molar-refractivity contribution in [1.29, 1.82) is 0 Å². The molecule has 8 heteroatoms. The van der Waals surface area contributed by atoms with Crippen molar-refractivity contribution in [3.05, 3.63) is 83.9 Å². The fourth-order valence-electron chi connectivity index (χ4n) is 3.90. The van der Waals surface area contributed by atoms with Crippen molar-refractivity contribution < 1.29 is 19.0 Å². The minimum Gasteiger partial charge on any atom is -0.493 e. The SMILES string of the molecule is COc1ccc(C(=O)Oc2ccccc2CN2CCN(c3ccccc3)CC2)cc1OC.Cl.Cl. The van der Waals surface area contributed by atoms with Gasteiger partial charge in [-0.1, -0.05) is 36.4 Å². The number of benzene rings is 3. The molecular weight excluding hydrogens is 475 g/mol. The number of nitrogens with zero attached hydrogens (tertiary/aromatic N) is 2. The van der Waals surface area contributed by atoms with Gasteiger partial charge >= 0.3 is 5.97 Å². The van der Waals surface area contributed by atoms with E-state index in [4.69, 9.17) is 14.2 Å². The second kappa shape index (κ2) is 13.1. The zero-order valence-electron chi connectivity index (χ0n) is 19.3. The lowest BCUT2D eigenvalue weighted by atomic mass is 10.1. The minimum atomic E-state index is -0.424. The molecule has 4 rings (SSSR count). The molecule has 0 unspecified atom stereocenters. The number of hydrogen-bond acceptors (Lipinski definition) is 6. The summed E-state index contributed by atoms with van der Waals surface area (Å²) in [5.41, 5.74) is 2.67. The molecule has 0 saturated carbocycles. The third kappa shape index (κ3) is 6.56. The Hall–Kier alpha value is -2.93. The van der Waals surface area contributed by atoms with Crippen molar-refractivity contribution >= 4 is 36.5 Å². The molecule has 1 saturated heterocycles. The highest BCUT2D eigenvalue weighted by molar-refractivity contribution is 5.92. The number of carbonyl (C=O) groups excluding carboxylic acids is 1. The van der Waals surface area contributed by atoms with E-state index < -0.39 is 5.97 Å². The number of methoxy groups -OCH3 is 2. The van der Waals surface area contributed by atoms with Crippen LogP contribution in [-0.4, -0.2) is 51.3 Å². The largest absolute Gasteiger partial charge is 0.493 e. The molecule has 0 aliphatic carbocycles. The number of anilines is 1. The first kappa shape index (κ1) is 27.3. The Bertz CT molecular complexity index is 1060. The number of ether oxygens (including phenoxy) is 3. The lowest BCUT2D eigenvalue weighted by Gasteiger charge is -2.36. The summed E-state index contributed by atoms with van der Waals surface area (Å²) >= 11 is 0. The molecule has 3 aromatic carbocycles. The first-order valence-electron chi connectivity index (χ1n) is 10.7. The summed E-state index contributed by atoms with van der Waals surface area (Å²) in [6.07, 6.45) is 0. The van der Waals surface area contributed by atoms with Crippen LogP contribution in [0.4, 0.5) is 5.69 Å². The summed E-state index contributed by atoms with van der Waals surface area (Å²) in [5, 5.41) is 0. The predicted molar refractivity (Wildman–Crippen MR) is 139 cm³/mol. The fraction of sp³-hybridized carbons (Fsp3) is 0.269. The van der Waals surface area contributed by atoms with Crippen LogP contribution < -0.4 is 19.1 Å². The van der Waals surface area contributed by atoms with Crippen LogP contribution in [0.25, 0.3) is 0 Å². The van der Waals surface area contributed by atoms with Crippen molar-refractivity contribution in [2.75, 3.05) is 45.3 Å². The lowest BCUT2D eigenvalue weighted by Crippen LogP contribution is -2.46. The first-order valence-corrected chi connectivity index (χ1v) is 10.7. The monoisotopic (exact) mass is 504 g/mol. The third-order valence-corrected chi connectivity index (χ3v) is 5.68. The summed E-state index contributed by atoms with van der Waals surface area (Å²) in [5.74, 6) is 1.22. The van der Waals surface area contributed by atoms with E-state index in [1.165, 1.54) is 5.69 Å². The molecule has 1 heterocycles. The zero-order valence-corrected chi connectivity index (χ0v) is 20.9. The molecule has 1 aliphatic rings. The lowest BCUT2D eigenvalue weighted by molar-refractivity contribution is 0.0731. The molecule has 1 fully saturated rings. The van der Waals surface area contributed by atoms with Crippen LogP contribution in [-0.2, 0) is 6.54 Å². The third-order valence-electron chi connectivity index (χ3n) is 5.68. The number of carbonyl (C=O) groups is 1. The van der Waals surface area contributed by atoms with Crippen molar-refractivity contribution in [1.82, 2.24) is 4.90 Å². The van der Waals surface area contributed by atoms with Gasteiger partial charge in [0.1, 0.15) is 5.75 Å². The Morgan fingerprint density at radius 3 is 2.09 bits per heavy atom. The predicted octanol–water partition coefficient (Wildman–Crippen LogP) is 5.09. The molecule has 0 N–H and O–H groups in total. The molecule has 0 aromatic heterocycles. The van der Waals surface area contributed by atoms with Crippen LogP contribution in [0.3, 0.4) is 0 Å². The summed E-state index contributed by atoms with van der Waals surface area (Å²) in [6, 6.07) is 23.2. The summed E-state index contributed by atoms with van der Waals surface area (Å²) in [4.78, 5) is 17.6. The standard InChI is InChI=1S/C26H28N2O4.2ClH/c1-30-24-13-12-20(18-25(24)31-2)26(29)32-23-11-7-6-8-21(23)19-27-14-16-28(17-15-27)22-9-4-3-5-10-22;;/h3-13,18H,14-17,19H2,1-2H3;2*1H. The van der Waals surface area contributed by atoms with Crippen LogP contribution in [0, 0.1) is 0 Å². The number of rotatable bonds is 7. The molecule has 0 spiro atoms. The van der Waals surface area contributed by atoms with Crippen LogP contribution in [0.15, 0.2) is 72.8 Å². The van der Waals surface area contributed by atoms with E-state index in [1.807, 2.05) is 30.3 Å². The van der Waals surface area contributed by atoms with E-state index in [-0.39, 0.29) is 24.8 Å². The number of piperazine rings is 1. The van der Waals surface area contributed by atoms with Gasteiger partial charge in [-0.3, -0.25) is 4.90 Å². The average molecular weight is 505 g/mol. The fourth-order valence-corrected chi connectivity index (χ4v) is 3.90. The van der Waals surface area contributed by atoms with Crippen LogP contribution >= 0.6 is 24.8 Å². The van der Waals surface area contributed by atoms with Crippen LogP contribution in [0.1, 0.15) is 15.9 Å². The van der Waals surface area contributed by atoms with Gasteiger partial charge in [0.15, 0.2) is 11.5 Å². The molecule has 0 radical (unpaired) electrons. The Morgan fingerprint density at radius 2 is 1.41 bits per heavy atom. The van der Waals surface area contributed by atoms with Gasteiger partial charge in [-0.05, 0) is 36.4 Å². The van der Waals surface area contributed by atoms with Crippen molar-refractivity contribution in [2.45, 2.75) is 6.54 Å². The zero-order chi connectivity index (χ0) is 22.3. The molecule has 3 aromatic rings. The molecule has 0 amide bonds. The van der Waals surface area contributed by atoms with Gasteiger partial charge in [0.25, 0.3) is 0 Å². The first-order chi connectivity index (χ1) is 15.7. The molecule has 182 valence electrons.